The van der Waals surface area contributed by atoms with Gasteiger partial charge >= 0.3 is 17.9 Å². The first-order valence-corrected chi connectivity index (χ1v) is 12.3. The highest BCUT2D eigenvalue weighted by atomic mass is 16.7. The Bertz CT molecular complexity index is 966. The summed E-state index contributed by atoms with van der Waals surface area (Å²) in [5.41, 5.74) is -0.00523. The zero-order valence-corrected chi connectivity index (χ0v) is 22.0. The second kappa shape index (κ2) is 13.0. The minimum absolute atomic E-state index is 0.0861. The normalized spacial score (nSPS) is 26.4. The van der Waals surface area contributed by atoms with Crippen LogP contribution in [0.5, 0.6) is 5.75 Å². The van der Waals surface area contributed by atoms with E-state index < -0.39 is 47.9 Å². The molecular formula is C27H36O10. The number of carbonyl (C=O) groups is 3. The number of hydrogen-bond donors (Lipinski definition) is 0. The maximum atomic E-state index is 13.5. The molecule has 0 amide bonds. The highest BCUT2D eigenvalue weighted by molar-refractivity contribution is 5.81. The number of benzene rings is 1. The Morgan fingerprint density at radius 3 is 2.22 bits per heavy atom. The van der Waals surface area contributed by atoms with Gasteiger partial charge in [0, 0.05) is 20.3 Å². The molecule has 10 nitrogen and oxygen atoms in total. The number of hydrogen-bond acceptors (Lipinski definition) is 10. The third-order valence-electron chi connectivity index (χ3n) is 6.62. The van der Waals surface area contributed by atoms with Gasteiger partial charge in [-0.3, -0.25) is 9.59 Å². The van der Waals surface area contributed by atoms with Crippen molar-refractivity contribution in [1.29, 1.82) is 0 Å². The monoisotopic (exact) mass is 520 g/mol. The van der Waals surface area contributed by atoms with Gasteiger partial charge in [0.15, 0.2) is 11.9 Å². The second-order valence-corrected chi connectivity index (χ2v) is 9.11. The lowest BCUT2D eigenvalue weighted by Crippen LogP contribution is -2.61. The Morgan fingerprint density at radius 1 is 1.00 bits per heavy atom. The molecule has 0 bridgehead atoms. The van der Waals surface area contributed by atoms with E-state index in [9.17, 15) is 14.4 Å². The van der Waals surface area contributed by atoms with Crippen LogP contribution in [0, 0.1) is 5.92 Å². The quantitative estimate of drug-likeness (QED) is 0.259. The third-order valence-corrected chi connectivity index (χ3v) is 6.62. The molecule has 204 valence electrons. The van der Waals surface area contributed by atoms with Crippen LogP contribution in [-0.2, 0) is 49.4 Å². The molecule has 10 heteroatoms. The Hall–Kier alpha value is -2.95. The van der Waals surface area contributed by atoms with Crippen molar-refractivity contribution < 1.29 is 47.5 Å². The fourth-order valence-electron chi connectivity index (χ4n) is 4.97. The highest BCUT2D eigenvalue weighted by Crippen LogP contribution is 2.45. The van der Waals surface area contributed by atoms with E-state index in [-0.39, 0.29) is 19.4 Å². The van der Waals surface area contributed by atoms with E-state index in [1.807, 2.05) is 25.1 Å². The lowest BCUT2D eigenvalue weighted by molar-refractivity contribution is -0.215. The molecule has 1 aliphatic carbocycles. The van der Waals surface area contributed by atoms with Gasteiger partial charge in [0.05, 0.1) is 40.0 Å². The average Bonchev–Trinajstić information content (AvgIpc) is 3.40. The summed E-state index contributed by atoms with van der Waals surface area (Å²) in [7, 11) is 2.87. The smallest absolute Gasteiger partial charge is 0.338 e. The first kappa shape index (κ1) is 28.6. The SMILES string of the molecule is COC(=O)[C@@]1(OCc2ccc(OC)cc2)CC[C@@H](OC(C)=O)[C@@H](OC(C)=O)[C@@H]1/C(C)=C/CC1OCCO1. The Kier molecular flexibility index (Phi) is 10.1. The molecular weight excluding hydrogens is 484 g/mol. The van der Waals surface area contributed by atoms with Crippen molar-refractivity contribution in [3.63, 3.8) is 0 Å². The number of methoxy groups -OCH3 is 2. The van der Waals surface area contributed by atoms with Gasteiger partial charge in [0.25, 0.3) is 0 Å². The molecule has 1 saturated carbocycles. The molecule has 0 radical (unpaired) electrons. The number of esters is 3. The summed E-state index contributed by atoms with van der Waals surface area (Å²) in [6, 6.07) is 7.27. The Balaban J connectivity index is 2.02. The highest BCUT2D eigenvalue weighted by Gasteiger charge is 2.59. The summed E-state index contributed by atoms with van der Waals surface area (Å²) >= 11 is 0. The zero-order valence-electron chi connectivity index (χ0n) is 22.0. The fourth-order valence-corrected chi connectivity index (χ4v) is 4.97. The second-order valence-electron chi connectivity index (χ2n) is 9.11. The third kappa shape index (κ3) is 7.09. The van der Waals surface area contributed by atoms with E-state index in [0.29, 0.717) is 31.0 Å². The summed E-state index contributed by atoms with van der Waals surface area (Å²) < 4.78 is 39.2. The molecule has 0 unspecified atom stereocenters. The zero-order chi connectivity index (χ0) is 27.0. The van der Waals surface area contributed by atoms with Gasteiger partial charge in [-0.25, -0.2) is 4.79 Å². The molecule has 1 aromatic rings. The molecule has 0 aromatic heterocycles. The summed E-state index contributed by atoms with van der Waals surface area (Å²) in [5, 5.41) is 0. The Morgan fingerprint density at radius 2 is 1.65 bits per heavy atom. The largest absolute Gasteiger partial charge is 0.497 e. The van der Waals surface area contributed by atoms with Crippen LogP contribution in [0.2, 0.25) is 0 Å². The molecule has 0 spiro atoms. The average molecular weight is 521 g/mol. The van der Waals surface area contributed by atoms with E-state index in [4.69, 9.17) is 33.2 Å². The maximum Gasteiger partial charge on any atom is 0.338 e. The van der Waals surface area contributed by atoms with E-state index in [1.54, 1.807) is 19.2 Å². The van der Waals surface area contributed by atoms with Gasteiger partial charge in [-0.1, -0.05) is 23.8 Å². The standard InChI is InChI=1S/C27H36O10/c1-17(6-11-23-33-14-15-34-23)24-25(37-19(3)29)22(36-18(2)28)12-13-27(24,26(30)32-5)35-16-20-7-9-21(31-4)10-8-20/h6-10,22-25H,11-16H2,1-5H3/b17-6+/t22-,24+,25-,27-/m1/s1. The Labute approximate surface area is 217 Å². The van der Waals surface area contributed by atoms with Crippen molar-refractivity contribution in [1.82, 2.24) is 0 Å². The van der Waals surface area contributed by atoms with E-state index in [0.717, 1.165) is 5.56 Å². The van der Waals surface area contributed by atoms with Crippen molar-refractivity contribution in [2.24, 2.45) is 5.92 Å². The van der Waals surface area contributed by atoms with E-state index in [1.165, 1.54) is 21.0 Å². The van der Waals surface area contributed by atoms with Crippen molar-refractivity contribution in [2.45, 2.75) is 70.7 Å². The van der Waals surface area contributed by atoms with Gasteiger partial charge in [0.1, 0.15) is 18.0 Å². The van der Waals surface area contributed by atoms with Crippen LogP contribution in [0.1, 0.15) is 45.6 Å². The van der Waals surface area contributed by atoms with Crippen LogP contribution in [0.25, 0.3) is 0 Å². The van der Waals surface area contributed by atoms with Gasteiger partial charge in [-0.15, -0.1) is 0 Å². The predicted octanol–water partition coefficient (Wildman–Crippen LogP) is 3.11. The lowest BCUT2D eigenvalue weighted by Gasteiger charge is -2.48. The fraction of sp³-hybridized carbons (Fsp3) is 0.593. The molecule has 1 heterocycles. The van der Waals surface area contributed by atoms with E-state index >= 15 is 0 Å². The summed E-state index contributed by atoms with van der Waals surface area (Å²) in [6.45, 7) is 5.47. The first-order chi connectivity index (χ1) is 17.7. The van der Waals surface area contributed by atoms with Gasteiger partial charge in [-0.05, 0) is 37.5 Å². The molecule has 1 aromatic carbocycles. The summed E-state index contributed by atoms with van der Waals surface area (Å²) in [5.74, 6) is -1.80. The minimum atomic E-state index is -1.51. The molecule has 0 N–H and O–H groups in total. The van der Waals surface area contributed by atoms with Gasteiger partial charge < -0.3 is 33.2 Å². The summed E-state index contributed by atoms with van der Waals surface area (Å²) in [6.07, 6.45) is 0.543. The molecule has 4 atom stereocenters. The van der Waals surface area contributed by atoms with Crippen LogP contribution in [-0.4, -0.2) is 69.4 Å². The van der Waals surface area contributed by atoms with Crippen LogP contribution in [0.15, 0.2) is 35.9 Å². The number of ether oxygens (including phenoxy) is 7. The van der Waals surface area contributed by atoms with Gasteiger partial charge in [-0.2, -0.15) is 0 Å². The van der Waals surface area contributed by atoms with Crippen LogP contribution in [0.3, 0.4) is 0 Å². The van der Waals surface area contributed by atoms with Crippen LogP contribution in [0.4, 0.5) is 0 Å². The molecule has 3 rings (SSSR count). The van der Waals surface area contributed by atoms with Crippen molar-refractivity contribution in [3.05, 3.63) is 41.5 Å². The summed E-state index contributed by atoms with van der Waals surface area (Å²) in [4.78, 5) is 37.5. The van der Waals surface area contributed by atoms with Crippen molar-refractivity contribution >= 4 is 17.9 Å². The van der Waals surface area contributed by atoms with E-state index in [2.05, 4.69) is 0 Å². The molecule has 1 aliphatic heterocycles. The molecule has 37 heavy (non-hydrogen) atoms. The van der Waals surface area contributed by atoms with Crippen LogP contribution >= 0.6 is 0 Å². The van der Waals surface area contributed by atoms with Gasteiger partial charge in [0.2, 0.25) is 0 Å². The molecule has 2 fully saturated rings. The topological polar surface area (TPSA) is 116 Å². The van der Waals surface area contributed by atoms with Crippen molar-refractivity contribution in [2.75, 3.05) is 27.4 Å². The first-order valence-electron chi connectivity index (χ1n) is 12.3. The minimum Gasteiger partial charge on any atom is -0.497 e. The maximum absolute atomic E-state index is 13.5. The predicted molar refractivity (Wildman–Crippen MR) is 130 cm³/mol. The molecule has 1 saturated heterocycles. The molecule has 2 aliphatic rings. The lowest BCUT2D eigenvalue weighted by atomic mass is 9.68. The number of carbonyl (C=O) groups excluding carboxylic acids is 3. The number of rotatable bonds is 10. The van der Waals surface area contributed by atoms with Crippen molar-refractivity contribution in [3.8, 4) is 5.75 Å². The van der Waals surface area contributed by atoms with Crippen LogP contribution < -0.4 is 4.74 Å².